The summed E-state index contributed by atoms with van der Waals surface area (Å²) in [5.41, 5.74) is 8.25. The summed E-state index contributed by atoms with van der Waals surface area (Å²) in [6.45, 7) is 7.44. The topological polar surface area (TPSA) is 35.2 Å². The zero-order chi connectivity index (χ0) is 12.8. The van der Waals surface area contributed by atoms with Crippen molar-refractivity contribution < 1.29 is 4.74 Å². The molecule has 0 bridgehead atoms. The van der Waals surface area contributed by atoms with Gasteiger partial charge in [-0.15, -0.1) is 0 Å². The standard InChI is InChI=1S/C15H25NO/c1-11(2)14-10-13(7-8-15(14)17-4)12(3)6-5-9-16/h7-8,10-12H,5-6,9,16H2,1-4H3. The number of methoxy groups -OCH3 is 1. The van der Waals surface area contributed by atoms with E-state index in [1.54, 1.807) is 7.11 Å². The van der Waals surface area contributed by atoms with Crippen molar-refractivity contribution in [2.24, 2.45) is 5.73 Å². The lowest BCUT2D eigenvalue weighted by atomic mass is 9.91. The molecule has 1 aromatic carbocycles. The van der Waals surface area contributed by atoms with Gasteiger partial charge in [-0.2, -0.15) is 0 Å². The zero-order valence-electron chi connectivity index (χ0n) is 11.5. The van der Waals surface area contributed by atoms with E-state index >= 15 is 0 Å². The van der Waals surface area contributed by atoms with Crippen LogP contribution < -0.4 is 10.5 Å². The van der Waals surface area contributed by atoms with Gasteiger partial charge < -0.3 is 10.5 Å². The molecule has 0 heterocycles. The van der Waals surface area contributed by atoms with Crippen LogP contribution in [0.15, 0.2) is 18.2 Å². The molecule has 17 heavy (non-hydrogen) atoms. The molecule has 1 rings (SSSR count). The lowest BCUT2D eigenvalue weighted by Crippen LogP contribution is -2.03. The van der Waals surface area contributed by atoms with Gasteiger partial charge in [0.2, 0.25) is 0 Å². The first-order valence-electron chi connectivity index (χ1n) is 6.48. The number of rotatable bonds is 6. The molecule has 96 valence electrons. The molecule has 0 radical (unpaired) electrons. The van der Waals surface area contributed by atoms with Gasteiger partial charge in [0, 0.05) is 0 Å². The second kappa shape index (κ2) is 6.65. The Labute approximate surface area is 105 Å². The normalized spacial score (nSPS) is 12.8. The lowest BCUT2D eigenvalue weighted by molar-refractivity contribution is 0.407. The van der Waals surface area contributed by atoms with Crippen molar-refractivity contribution in [1.29, 1.82) is 0 Å². The van der Waals surface area contributed by atoms with Gasteiger partial charge in [0.1, 0.15) is 5.75 Å². The van der Waals surface area contributed by atoms with E-state index in [9.17, 15) is 0 Å². The first kappa shape index (κ1) is 14.0. The third kappa shape index (κ3) is 3.74. The van der Waals surface area contributed by atoms with Crippen molar-refractivity contribution in [3.05, 3.63) is 29.3 Å². The maximum atomic E-state index is 5.56. The van der Waals surface area contributed by atoms with Crippen molar-refractivity contribution in [3.63, 3.8) is 0 Å². The van der Waals surface area contributed by atoms with Crippen molar-refractivity contribution in [3.8, 4) is 5.75 Å². The van der Waals surface area contributed by atoms with Gasteiger partial charge >= 0.3 is 0 Å². The van der Waals surface area contributed by atoms with E-state index in [0.29, 0.717) is 11.8 Å². The van der Waals surface area contributed by atoms with Crippen LogP contribution in [0.2, 0.25) is 0 Å². The van der Waals surface area contributed by atoms with Gasteiger partial charge in [-0.05, 0) is 48.4 Å². The molecule has 1 unspecified atom stereocenters. The monoisotopic (exact) mass is 235 g/mol. The van der Waals surface area contributed by atoms with E-state index < -0.39 is 0 Å². The minimum absolute atomic E-state index is 0.492. The molecule has 2 N–H and O–H groups in total. The lowest BCUT2D eigenvalue weighted by Gasteiger charge is -2.17. The van der Waals surface area contributed by atoms with Crippen LogP contribution in [0.3, 0.4) is 0 Å². The Morgan fingerprint density at radius 2 is 1.94 bits per heavy atom. The largest absolute Gasteiger partial charge is 0.496 e. The fourth-order valence-corrected chi connectivity index (χ4v) is 2.10. The Balaban J connectivity index is 2.91. The molecule has 0 aliphatic rings. The highest BCUT2D eigenvalue weighted by atomic mass is 16.5. The predicted octanol–water partition coefficient (Wildman–Crippen LogP) is 3.66. The third-order valence-electron chi connectivity index (χ3n) is 3.29. The molecular formula is C15H25NO. The average Bonchev–Trinajstić information content (AvgIpc) is 2.34. The predicted molar refractivity (Wildman–Crippen MR) is 73.8 cm³/mol. The molecule has 1 aromatic rings. The van der Waals surface area contributed by atoms with Crippen LogP contribution in [0.4, 0.5) is 0 Å². The second-order valence-corrected chi connectivity index (χ2v) is 4.99. The minimum Gasteiger partial charge on any atom is -0.496 e. The maximum Gasteiger partial charge on any atom is 0.122 e. The fraction of sp³-hybridized carbons (Fsp3) is 0.600. The van der Waals surface area contributed by atoms with Crippen LogP contribution in [0, 0.1) is 0 Å². The highest BCUT2D eigenvalue weighted by molar-refractivity contribution is 5.40. The Bertz CT molecular complexity index is 347. The van der Waals surface area contributed by atoms with Gasteiger partial charge in [-0.1, -0.05) is 32.9 Å². The number of hydrogen-bond donors (Lipinski definition) is 1. The second-order valence-electron chi connectivity index (χ2n) is 4.99. The molecule has 1 atom stereocenters. The van der Waals surface area contributed by atoms with Gasteiger partial charge in [0.05, 0.1) is 7.11 Å². The third-order valence-corrected chi connectivity index (χ3v) is 3.29. The molecule has 0 amide bonds. The molecule has 0 fully saturated rings. The van der Waals surface area contributed by atoms with Gasteiger partial charge in [0.15, 0.2) is 0 Å². The Morgan fingerprint density at radius 3 is 2.47 bits per heavy atom. The van der Waals surface area contributed by atoms with Crippen LogP contribution in [0.5, 0.6) is 5.75 Å². The molecule has 2 nitrogen and oxygen atoms in total. The summed E-state index contributed by atoms with van der Waals surface area (Å²) >= 11 is 0. The molecular weight excluding hydrogens is 210 g/mol. The van der Waals surface area contributed by atoms with Gasteiger partial charge in [-0.3, -0.25) is 0 Å². The Hall–Kier alpha value is -1.02. The molecule has 0 aromatic heterocycles. The number of ether oxygens (including phenoxy) is 1. The highest BCUT2D eigenvalue weighted by Crippen LogP contribution is 2.31. The smallest absolute Gasteiger partial charge is 0.122 e. The van der Waals surface area contributed by atoms with E-state index in [1.165, 1.54) is 11.1 Å². The van der Waals surface area contributed by atoms with Crippen LogP contribution in [-0.4, -0.2) is 13.7 Å². The van der Waals surface area contributed by atoms with Crippen molar-refractivity contribution in [2.75, 3.05) is 13.7 Å². The molecule has 0 saturated carbocycles. The molecule has 0 saturated heterocycles. The van der Waals surface area contributed by atoms with Crippen molar-refractivity contribution in [1.82, 2.24) is 0 Å². The van der Waals surface area contributed by atoms with Gasteiger partial charge in [-0.25, -0.2) is 0 Å². The van der Waals surface area contributed by atoms with Crippen LogP contribution in [0.25, 0.3) is 0 Å². The summed E-state index contributed by atoms with van der Waals surface area (Å²) < 4.78 is 5.40. The summed E-state index contributed by atoms with van der Waals surface area (Å²) in [7, 11) is 1.73. The summed E-state index contributed by atoms with van der Waals surface area (Å²) in [4.78, 5) is 0. The Morgan fingerprint density at radius 1 is 1.24 bits per heavy atom. The summed E-state index contributed by atoms with van der Waals surface area (Å²) in [5, 5.41) is 0. The number of hydrogen-bond acceptors (Lipinski definition) is 2. The first-order chi connectivity index (χ1) is 8.10. The van der Waals surface area contributed by atoms with E-state index in [2.05, 4.69) is 39.0 Å². The quantitative estimate of drug-likeness (QED) is 0.816. The van der Waals surface area contributed by atoms with E-state index in [4.69, 9.17) is 10.5 Å². The number of nitrogens with two attached hydrogens (primary N) is 1. The molecule has 0 aliphatic heterocycles. The summed E-state index contributed by atoms with van der Waals surface area (Å²) in [6.07, 6.45) is 2.24. The Kier molecular flexibility index (Phi) is 5.49. The molecule has 0 spiro atoms. The van der Waals surface area contributed by atoms with Crippen LogP contribution in [0.1, 0.15) is 56.6 Å². The van der Waals surface area contributed by atoms with E-state index in [0.717, 1.165) is 25.1 Å². The molecule has 0 aliphatic carbocycles. The van der Waals surface area contributed by atoms with Crippen LogP contribution in [-0.2, 0) is 0 Å². The first-order valence-corrected chi connectivity index (χ1v) is 6.48. The summed E-state index contributed by atoms with van der Waals surface area (Å²) in [5.74, 6) is 2.06. The summed E-state index contributed by atoms with van der Waals surface area (Å²) in [6, 6.07) is 6.54. The van der Waals surface area contributed by atoms with Crippen molar-refractivity contribution >= 4 is 0 Å². The van der Waals surface area contributed by atoms with Gasteiger partial charge in [0.25, 0.3) is 0 Å². The minimum atomic E-state index is 0.492. The van der Waals surface area contributed by atoms with Crippen LogP contribution >= 0.6 is 0 Å². The van der Waals surface area contributed by atoms with E-state index in [1.807, 2.05) is 0 Å². The highest BCUT2D eigenvalue weighted by Gasteiger charge is 2.11. The molecule has 2 heteroatoms. The maximum absolute atomic E-state index is 5.56. The number of benzene rings is 1. The average molecular weight is 235 g/mol. The SMILES string of the molecule is COc1ccc(C(C)CCCN)cc1C(C)C. The zero-order valence-corrected chi connectivity index (χ0v) is 11.5. The fourth-order valence-electron chi connectivity index (χ4n) is 2.10. The van der Waals surface area contributed by atoms with Crippen molar-refractivity contribution in [2.45, 2.75) is 45.4 Å². The van der Waals surface area contributed by atoms with E-state index in [-0.39, 0.29) is 0 Å².